The molecular formula is C19H22N2O3. The lowest BCUT2D eigenvalue weighted by Crippen LogP contribution is -2.15. The summed E-state index contributed by atoms with van der Waals surface area (Å²) in [6.07, 6.45) is 4.59. The van der Waals surface area contributed by atoms with Crippen molar-refractivity contribution in [2.24, 2.45) is 0 Å². The third-order valence-electron chi connectivity index (χ3n) is 3.49. The Labute approximate surface area is 142 Å². The molecule has 126 valence electrons. The van der Waals surface area contributed by atoms with Gasteiger partial charge in [0.15, 0.2) is 0 Å². The molecule has 0 heterocycles. The first-order valence-corrected chi connectivity index (χ1v) is 7.85. The number of hydrogen-bond donors (Lipinski definition) is 0. The van der Waals surface area contributed by atoms with Crippen LogP contribution >= 0.6 is 0 Å². The summed E-state index contributed by atoms with van der Waals surface area (Å²) >= 11 is 0. The average molecular weight is 326 g/mol. The quantitative estimate of drug-likeness (QED) is 0.317. The summed E-state index contributed by atoms with van der Waals surface area (Å²) in [6, 6.07) is 14.4. The molecule has 0 aliphatic carbocycles. The van der Waals surface area contributed by atoms with E-state index in [4.69, 9.17) is 4.74 Å². The third-order valence-corrected chi connectivity index (χ3v) is 3.49. The van der Waals surface area contributed by atoms with Crippen molar-refractivity contribution in [1.82, 2.24) is 4.90 Å². The van der Waals surface area contributed by atoms with E-state index in [1.807, 2.05) is 44.4 Å². The van der Waals surface area contributed by atoms with Crippen LogP contribution in [0.5, 0.6) is 5.75 Å². The number of nitro groups is 1. The van der Waals surface area contributed by atoms with Gasteiger partial charge in [0.2, 0.25) is 0 Å². The number of para-hydroxylation sites is 1. The van der Waals surface area contributed by atoms with Crippen LogP contribution in [0.2, 0.25) is 0 Å². The summed E-state index contributed by atoms with van der Waals surface area (Å²) in [4.78, 5) is 12.8. The van der Waals surface area contributed by atoms with E-state index >= 15 is 0 Å². The van der Waals surface area contributed by atoms with E-state index in [0.717, 1.165) is 24.3 Å². The zero-order valence-electron chi connectivity index (χ0n) is 14.0. The molecule has 0 atom stereocenters. The van der Waals surface area contributed by atoms with Crippen LogP contribution in [0, 0.1) is 10.1 Å². The van der Waals surface area contributed by atoms with Gasteiger partial charge in [0.1, 0.15) is 5.75 Å². The first-order chi connectivity index (χ1) is 11.6. The van der Waals surface area contributed by atoms with E-state index < -0.39 is 0 Å². The first kappa shape index (κ1) is 17.7. The van der Waals surface area contributed by atoms with Crippen molar-refractivity contribution in [3.63, 3.8) is 0 Å². The van der Waals surface area contributed by atoms with Crippen LogP contribution in [-0.2, 0) is 0 Å². The lowest BCUT2D eigenvalue weighted by Gasteiger charge is -2.10. The Morgan fingerprint density at radius 1 is 1.08 bits per heavy atom. The Balaban J connectivity index is 1.95. The highest BCUT2D eigenvalue weighted by atomic mass is 16.6. The first-order valence-electron chi connectivity index (χ1n) is 7.85. The second-order valence-corrected chi connectivity index (χ2v) is 5.72. The molecule has 2 rings (SSSR count). The fraction of sp³-hybridized carbons (Fsp3) is 0.263. The summed E-state index contributed by atoms with van der Waals surface area (Å²) in [6.45, 7) is 1.68. The Bertz CT molecular complexity index is 694. The second-order valence-electron chi connectivity index (χ2n) is 5.72. The molecule has 2 aromatic rings. The molecule has 2 aromatic carbocycles. The molecule has 24 heavy (non-hydrogen) atoms. The van der Waals surface area contributed by atoms with E-state index in [9.17, 15) is 10.1 Å². The topological polar surface area (TPSA) is 55.6 Å². The van der Waals surface area contributed by atoms with Crippen LogP contribution in [0.25, 0.3) is 12.2 Å². The molecule has 0 radical (unpaired) electrons. The number of benzene rings is 2. The molecule has 0 aliphatic heterocycles. The van der Waals surface area contributed by atoms with E-state index in [-0.39, 0.29) is 10.6 Å². The van der Waals surface area contributed by atoms with Gasteiger partial charge < -0.3 is 9.64 Å². The lowest BCUT2D eigenvalue weighted by molar-refractivity contribution is -0.385. The van der Waals surface area contributed by atoms with Crippen LogP contribution < -0.4 is 4.74 Å². The Morgan fingerprint density at radius 3 is 2.46 bits per heavy atom. The fourth-order valence-corrected chi connectivity index (χ4v) is 2.23. The van der Waals surface area contributed by atoms with Crippen molar-refractivity contribution in [3.8, 4) is 5.75 Å². The third kappa shape index (κ3) is 5.52. The lowest BCUT2D eigenvalue weighted by atomic mass is 10.1. The average Bonchev–Trinajstić information content (AvgIpc) is 2.58. The summed E-state index contributed by atoms with van der Waals surface area (Å²) < 4.78 is 5.68. The Kier molecular flexibility index (Phi) is 6.51. The molecule has 0 spiro atoms. The molecule has 5 nitrogen and oxygen atoms in total. The van der Waals surface area contributed by atoms with Crippen molar-refractivity contribution >= 4 is 17.8 Å². The molecule has 0 unspecified atom stereocenters. The summed E-state index contributed by atoms with van der Waals surface area (Å²) in [5, 5.41) is 11.0. The van der Waals surface area contributed by atoms with Gasteiger partial charge >= 0.3 is 0 Å². The minimum absolute atomic E-state index is 0.106. The molecule has 0 amide bonds. The van der Waals surface area contributed by atoms with E-state index in [1.165, 1.54) is 6.07 Å². The normalized spacial score (nSPS) is 11.1. The van der Waals surface area contributed by atoms with E-state index in [2.05, 4.69) is 4.90 Å². The van der Waals surface area contributed by atoms with E-state index in [1.54, 1.807) is 24.3 Å². The Hall–Kier alpha value is -2.66. The molecule has 0 bridgehead atoms. The van der Waals surface area contributed by atoms with E-state index in [0.29, 0.717) is 12.2 Å². The molecular weight excluding hydrogens is 304 g/mol. The predicted molar refractivity (Wildman–Crippen MR) is 97.1 cm³/mol. The molecule has 0 saturated heterocycles. The highest BCUT2D eigenvalue weighted by Crippen LogP contribution is 2.21. The molecule has 0 aliphatic rings. The van der Waals surface area contributed by atoms with Crippen molar-refractivity contribution in [2.45, 2.75) is 6.42 Å². The van der Waals surface area contributed by atoms with Crippen LogP contribution in [0.4, 0.5) is 5.69 Å². The van der Waals surface area contributed by atoms with Crippen molar-refractivity contribution < 1.29 is 9.66 Å². The largest absolute Gasteiger partial charge is 0.494 e. The van der Waals surface area contributed by atoms with Gasteiger partial charge in [0.25, 0.3) is 5.69 Å². The standard InChI is InChI=1S/C19H22N2O3/c1-20(2)14-5-15-24-18-12-9-16(10-13-18)8-11-17-6-3-4-7-19(17)21(22)23/h3-4,6-13H,5,14-15H2,1-2H3. The minimum atomic E-state index is -0.371. The van der Waals surface area contributed by atoms with Crippen LogP contribution in [0.1, 0.15) is 17.5 Å². The van der Waals surface area contributed by atoms with Gasteiger partial charge in [0, 0.05) is 12.6 Å². The minimum Gasteiger partial charge on any atom is -0.494 e. The highest BCUT2D eigenvalue weighted by molar-refractivity contribution is 5.74. The molecule has 0 saturated carbocycles. The summed E-state index contributed by atoms with van der Waals surface area (Å²) in [5.41, 5.74) is 1.66. The van der Waals surface area contributed by atoms with Gasteiger partial charge in [-0.15, -0.1) is 0 Å². The summed E-state index contributed by atoms with van der Waals surface area (Å²) in [7, 11) is 4.08. The molecule has 0 N–H and O–H groups in total. The van der Waals surface area contributed by atoms with Gasteiger partial charge in [0.05, 0.1) is 17.1 Å². The smallest absolute Gasteiger partial charge is 0.276 e. The molecule has 5 heteroatoms. The maximum Gasteiger partial charge on any atom is 0.276 e. The van der Waals surface area contributed by atoms with Gasteiger partial charge in [-0.2, -0.15) is 0 Å². The van der Waals surface area contributed by atoms with Gasteiger partial charge in [-0.1, -0.05) is 30.3 Å². The molecule has 0 aromatic heterocycles. The number of nitrogens with zero attached hydrogens (tertiary/aromatic N) is 2. The van der Waals surface area contributed by atoms with Crippen molar-refractivity contribution in [2.75, 3.05) is 27.2 Å². The molecule has 0 fully saturated rings. The summed E-state index contributed by atoms with van der Waals surface area (Å²) in [5.74, 6) is 0.830. The maximum absolute atomic E-state index is 11.0. The zero-order chi connectivity index (χ0) is 17.4. The van der Waals surface area contributed by atoms with Gasteiger partial charge in [-0.3, -0.25) is 10.1 Å². The maximum atomic E-state index is 11.0. The number of hydrogen-bond acceptors (Lipinski definition) is 4. The zero-order valence-corrected chi connectivity index (χ0v) is 14.0. The van der Waals surface area contributed by atoms with Crippen molar-refractivity contribution in [1.29, 1.82) is 0 Å². The van der Waals surface area contributed by atoms with Crippen molar-refractivity contribution in [3.05, 3.63) is 69.8 Å². The van der Waals surface area contributed by atoms with Crippen LogP contribution in [0.3, 0.4) is 0 Å². The van der Waals surface area contributed by atoms with Gasteiger partial charge in [-0.25, -0.2) is 0 Å². The SMILES string of the molecule is CN(C)CCCOc1ccc(C=Cc2ccccc2[N+](=O)[O-])cc1. The van der Waals surface area contributed by atoms with Crippen LogP contribution in [0.15, 0.2) is 48.5 Å². The van der Waals surface area contributed by atoms with Gasteiger partial charge in [-0.05, 0) is 50.4 Å². The highest BCUT2D eigenvalue weighted by Gasteiger charge is 2.08. The fourth-order valence-electron chi connectivity index (χ4n) is 2.23. The predicted octanol–water partition coefficient (Wildman–Crippen LogP) is 4.10. The number of nitro benzene ring substituents is 1. The number of ether oxygens (including phenoxy) is 1. The number of rotatable bonds is 8. The Morgan fingerprint density at radius 2 is 1.79 bits per heavy atom. The van der Waals surface area contributed by atoms with Crippen LogP contribution in [-0.4, -0.2) is 37.1 Å². The second kappa shape index (κ2) is 8.84. The monoisotopic (exact) mass is 326 g/mol.